The van der Waals surface area contributed by atoms with Gasteiger partial charge >= 0.3 is 0 Å². The number of carbonyl (C=O) groups excluding carboxylic acids is 1. The molecule has 0 radical (unpaired) electrons. The highest BCUT2D eigenvalue weighted by Crippen LogP contribution is 2.34. The number of hydrogen-bond donors (Lipinski definition) is 2. The molecule has 1 fully saturated rings. The number of rotatable bonds is 10. The van der Waals surface area contributed by atoms with Crippen molar-refractivity contribution in [1.29, 1.82) is 0 Å². The van der Waals surface area contributed by atoms with Crippen molar-refractivity contribution < 1.29 is 27.9 Å². The highest BCUT2D eigenvalue weighted by Gasteiger charge is 2.42. The Bertz CT molecular complexity index is 999. The van der Waals surface area contributed by atoms with E-state index in [0.29, 0.717) is 30.8 Å². The van der Waals surface area contributed by atoms with Gasteiger partial charge in [-0.1, -0.05) is 6.07 Å². The Morgan fingerprint density at radius 3 is 2.41 bits per heavy atom. The number of methoxy groups -OCH3 is 1. The normalized spacial score (nSPS) is 19.2. The van der Waals surface area contributed by atoms with Crippen LogP contribution in [0.3, 0.4) is 0 Å². The van der Waals surface area contributed by atoms with Crippen molar-refractivity contribution in [2.45, 2.75) is 56.2 Å². The average Bonchev–Trinajstić information content (AvgIpc) is 2.85. The maximum absolute atomic E-state index is 13.8. The van der Waals surface area contributed by atoms with Crippen LogP contribution >= 0.6 is 12.4 Å². The Labute approximate surface area is 206 Å². The predicted octanol–water partition coefficient (Wildman–Crippen LogP) is 3.17. The largest absolute Gasteiger partial charge is 0.497 e. The van der Waals surface area contributed by atoms with Gasteiger partial charge in [0.25, 0.3) is 5.91 Å². The molecule has 1 amide bonds. The first kappa shape index (κ1) is 28.0. The van der Waals surface area contributed by atoms with Crippen molar-refractivity contribution in [3.8, 4) is 5.75 Å². The van der Waals surface area contributed by atoms with Gasteiger partial charge in [0.05, 0.1) is 18.1 Å². The quantitative estimate of drug-likeness (QED) is 0.370. The Morgan fingerprint density at radius 2 is 1.88 bits per heavy atom. The number of benzene rings is 1. The second kappa shape index (κ2) is 13.0. The summed E-state index contributed by atoms with van der Waals surface area (Å²) in [7, 11) is -2.61. The van der Waals surface area contributed by atoms with E-state index in [0.717, 1.165) is 12.8 Å². The van der Waals surface area contributed by atoms with Crippen molar-refractivity contribution in [2.75, 3.05) is 13.7 Å². The van der Waals surface area contributed by atoms with Gasteiger partial charge in [0.1, 0.15) is 11.8 Å². The predicted molar refractivity (Wildman–Crippen MR) is 128 cm³/mol. The van der Waals surface area contributed by atoms with Gasteiger partial charge < -0.3 is 9.47 Å². The number of sulfonamides is 1. The van der Waals surface area contributed by atoms with Crippen LogP contribution in [0.15, 0.2) is 53.7 Å². The summed E-state index contributed by atoms with van der Waals surface area (Å²) in [5, 5.41) is 9.52. The topological polar surface area (TPSA) is 118 Å². The van der Waals surface area contributed by atoms with Crippen molar-refractivity contribution >= 4 is 28.3 Å². The summed E-state index contributed by atoms with van der Waals surface area (Å²) in [4.78, 5) is 17.0. The highest BCUT2D eigenvalue weighted by atomic mass is 35.5. The van der Waals surface area contributed by atoms with Crippen LogP contribution in [0, 0.1) is 5.92 Å². The van der Waals surface area contributed by atoms with E-state index >= 15 is 0 Å². The van der Waals surface area contributed by atoms with Crippen LogP contribution in [0.25, 0.3) is 0 Å². The molecule has 34 heavy (non-hydrogen) atoms. The molecule has 0 saturated heterocycles. The third kappa shape index (κ3) is 6.67. The molecule has 1 aliphatic carbocycles. The fourth-order valence-corrected chi connectivity index (χ4v) is 5.98. The number of carbonyl (C=O) groups is 1. The number of hydroxylamine groups is 1. The summed E-state index contributed by atoms with van der Waals surface area (Å²) in [6, 6.07) is 8.39. The maximum atomic E-state index is 13.8. The van der Waals surface area contributed by atoms with Crippen LogP contribution in [0.5, 0.6) is 5.75 Å². The zero-order chi connectivity index (χ0) is 23.8. The number of amides is 1. The lowest BCUT2D eigenvalue weighted by atomic mass is 9.82. The van der Waals surface area contributed by atoms with E-state index < -0.39 is 22.0 Å². The van der Waals surface area contributed by atoms with Crippen LogP contribution in [0.4, 0.5) is 0 Å². The Hall–Kier alpha value is -2.24. The first-order valence-corrected chi connectivity index (χ1v) is 12.4. The Balaban J connectivity index is 0.00000408. The molecule has 188 valence electrons. The van der Waals surface area contributed by atoms with E-state index in [2.05, 4.69) is 4.98 Å². The molecule has 1 saturated carbocycles. The molecule has 0 unspecified atom stereocenters. The standard InChI is InChI=1S/C23H31N3O6S.ClH/c1-3-32-20-8-6-18(7-9-20)22(23(27)25-28)26(16-17-5-4-14-24-15-17)33(29,30)21-12-10-19(31-2)11-13-21;/h4-5,10-15,18,20,22,28H,3,6-9,16H2,1-2H3,(H,25,27);1H/t18-,20-,22-;/m1./s1. The lowest BCUT2D eigenvalue weighted by Gasteiger charge is -2.38. The number of nitrogens with one attached hydrogen (secondary N) is 1. The van der Waals surface area contributed by atoms with Crippen LogP contribution < -0.4 is 10.2 Å². The smallest absolute Gasteiger partial charge is 0.262 e. The minimum Gasteiger partial charge on any atom is -0.497 e. The summed E-state index contributed by atoms with van der Waals surface area (Å²) >= 11 is 0. The van der Waals surface area contributed by atoms with E-state index in [9.17, 15) is 18.4 Å². The first-order valence-electron chi connectivity index (χ1n) is 11.0. The van der Waals surface area contributed by atoms with E-state index in [1.165, 1.54) is 23.5 Å². The molecule has 2 aromatic rings. The average molecular weight is 514 g/mol. The maximum Gasteiger partial charge on any atom is 0.262 e. The molecule has 1 atom stereocenters. The van der Waals surface area contributed by atoms with Gasteiger partial charge in [0.2, 0.25) is 10.0 Å². The second-order valence-electron chi connectivity index (χ2n) is 8.00. The molecule has 3 rings (SSSR count). The third-order valence-corrected chi connectivity index (χ3v) is 7.83. The summed E-state index contributed by atoms with van der Waals surface area (Å²) in [5.41, 5.74) is 2.33. The zero-order valence-electron chi connectivity index (χ0n) is 19.3. The van der Waals surface area contributed by atoms with Gasteiger partial charge in [-0.15, -0.1) is 12.4 Å². The number of nitrogens with zero attached hydrogens (tertiary/aromatic N) is 2. The minimum atomic E-state index is -4.10. The summed E-state index contributed by atoms with van der Waals surface area (Å²) < 4.78 is 39.6. The summed E-state index contributed by atoms with van der Waals surface area (Å²) in [5.74, 6) is -0.513. The van der Waals surface area contributed by atoms with Crippen molar-refractivity contribution in [3.05, 3.63) is 54.4 Å². The Kier molecular flexibility index (Phi) is 10.7. The summed E-state index contributed by atoms with van der Waals surface area (Å²) in [6.07, 6.45) is 5.90. The zero-order valence-corrected chi connectivity index (χ0v) is 20.9. The molecule has 2 N–H and O–H groups in total. The van der Waals surface area contributed by atoms with Gasteiger partial charge in [0.15, 0.2) is 0 Å². The van der Waals surface area contributed by atoms with Gasteiger partial charge in [-0.2, -0.15) is 4.31 Å². The SMILES string of the molecule is CCO[C@H]1CC[C@H]([C@H](C(=O)NO)N(Cc2cccnc2)S(=O)(=O)c2ccc(OC)cc2)CC1.Cl. The molecular formula is C23H32ClN3O6S. The molecule has 9 nitrogen and oxygen atoms in total. The molecule has 1 aromatic carbocycles. The van der Waals surface area contributed by atoms with Crippen LogP contribution in [0.2, 0.25) is 0 Å². The molecule has 1 heterocycles. The molecule has 11 heteroatoms. The van der Waals surface area contributed by atoms with Crippen molar-refractivity contribution in [1.82, 2.24) is 14.8 Å². The van der Waals surface area contributed by atoms with Crippen LogP contribution in [-0.4, -0.2) is 54.7 Å². The number of pyridine rings is 1. The van der Waals surface area contributed by atoms with Crippen LogP contribution in [0.1, 0.15) is 38.2 Å². The molecule has 1 aliphatic rings. The Morgan fingerprint density at radius 1 is 1.21 bits per heavy atom. The molecule has 1 aromatic heterocycles. The minimum absolute atomic E-state index is 0. The van der Waals surface area contributed by atoms with Gasteiger partial charge in [-0.3, -0.25) is 15.0 Å². The van der Waals surface area contributed by atoms with E-state index in [1.54, 1.807) is 42.1 Å². The number of aromatic nitrogens is 1. The molecular weight excluding hydrogens is 482 g/mol. The number of hydrogen-bond acceptors (Lipinski definition) is 7. The van der Waals surface area contributed by atoms with E-state index in [4.69, 9.17) is 9.47 Å². The van der Waals surface area contributed by atoms with Gasteiger partial charge in [-0.05, 0) is 74.4 Å². The third-order valence-electron chi connectivity index (χ3n) is 5.98. The molecule has 0 spiro atoms. The fourth-order valence-electron chi connectivity index (χ4n) is 4.34. The van der Waals surface area contributed by atoms with E-state index in [1.807, 2.05) is 6.92 Å². The van der Waals surface area contributed by atoms with Crippen molar-refractivity contribution in [2.24, 2.45) is 5.92 Å². The lowest BCUT2D eigenvalue weighted by Crippen LogP contribution is -2.53. The monoisotopic (exact) mass is 513 g/mol. The van der Waals surface area contributed by atoms with Gasteiger partial charge in [-0.25, -0.2) is 13.9 Å². The summed E-state index contributed by atoms with van der Waals surface area (Å²) in [6.45, 7) is 2.48. The van der Waals surface area contributed by atoms with E-state index in [-0.39, 0.29) is 35.9 Å². The van der Waals surface area contributed by atoms with Crippen LogP contribution in [-0.2, 0) is 26.1 Å². The fraction of sp³-hybridized carbons (Fsp3) is 0.478. The highest BCUT2D eigenvalue weighted by molar-refractivity contribution is 7.89. The number of ether oxygens (including phenoxy) is 2. The lowest BCUT2D eigenvalue weighted by molar-refractivity contribution is -0.136. The van der Waals surface area contributed by atoms with Crippen molar-refractivity contribution in [3.63, 3.8) is 0 Å². The first-order chi connectivity index (χ1) is 15.9. The second-order valence-corrected chi connectivity index (χ2v) is 9.89. The molecule has 0 aliphatic heterocycles. The molecule has 0 bridgehead atoms. The van der Waals surface area contributed by atoms with Gasteiger partial charge in [0, 0.05) is 25.5 Å². The number of halogens is 1.